The van der Waals surface area contributed by atoms with Gasteiger partial charge in [-0.15, -0.1) is 0 Å². The molecule has 0 saturated carbocycles. The van der Waals surface area contributed by atoms with E-state index in [1.54, 1.807) is 24.0 Å². The summed E-state index contributed by atoms with van der Waals surface area (Å²) in [5, 5.41) is 7.52. The van der Waals surface area contributed by atoms with Crippen molar-refractivity contribution in [2.45, 2.75) is 6.42 Å². The summed E-state index contributed by atoms with van der Waals surface area (Å²) in [4.78, 5) is 11.8. The van der Waals surface area contributed by atoms with Gasteiger partial charge in [0.05, 0.1) is 0 Å². The Bertz CT molecular complexity index is 551. The summed E-state index contributed by atoms with van der Waals surface area (Å²) in [6, 6.07) is 9.31. The quantitative estimate of drug-likeness (QED) is 0.918. The minimum absolute atomic E-state index is 0.114. The third kappa shape index (κ3) is 3.11. The van der Waals surface area contributed by atoms with Gasteiger partial charge >= 0.3 is 0 Å². The van der Waals surface area contributed by atoms with Gasteiger partial charge in [0, 0.05) is 24.8 Å². The van der Waals surface area contributed by atoms with Gasteiger partial charge in [-0.05, 0) is 30.2 Å². The molecule has 0 aliphatic rings. The van der Waals surface area contributed by atoms with Gasteiger partial charge in [-0.2, -0.15) is 5.10 Å². The molecule has 5 heteroatoms. The molecule has 2 aromatic rings. The van der Waals surface area contributed by atoms with E-state index in [9.17, 15) is 4.79 Å². The van der Waals surface area contributed by atoms with Crippen LogP contribution in [0.3, 0.4) is 0 Å². The van der Waals surface area contributed by atoms with E-state index in [1.807, 2.05) is 24.3 Å². The summed E-state index contributed by atoms with van der Waals surface area (Å²) < 4.78 is 1.55. The molecule has 0 aliphatic carbocycles. The molecule has 1 N–H and O–H groups in total. The van der Waals surface area contributed by atoms with Crippen LogP contribution >= 0.6 is 11.6 Å². The van der Waals surface area contributed by atoms with Crippen LogP contribution in [0.2, 0.25) is 5.02 Å². The lowest BCUT2D eigenvalue weighted by molar-refractivity contribution is 0.0945. The van der Waals surface area contributed by atoms with E-state index in [0.717, 1.165) is 12.0 Å². The Labute approximate surface area is 111 Å². The Morgan fingerprint density at radius 1 is 1.44 bits per heavy atom. The van der Waals surface area contributed by atoms with Gasteiger partial charge in [-0.3, -0.25) is 9.48 Å². The number of rotatable bonds is 4. The number of aryl methyl sites for hydroxylation is 1. The van der Waals surface area contributed by atoms with E-state index in [2.05, 4.69) is 10.4 Å². The average molecular weight is 264 g/mol. The second kappa shape index (κ2) is 5.69. The molecule has 2 rings (SSSR count). The maximum absolute atomic E-state index is 11.8. The topological polar surface area (TPSA) is 46.9 Å². The molecule has 0 saturated heterocycles. The van der Waals surface area contributed by atoms with Crippen molar-refractivity contribution in [2.75, 3.05) is 6.54 Å². The van der Waals surface area contributed by atoms with Gasteiger partial charge in [0.25, 0.3) is 5.91 Å². The standard InChI is InChI=1S/C13H14ClN3O/c1-17-12(6-8-16-17)13(18)15-7-5-10-3-2-4-11(14)9-10/h2-4,6,8-9H,5,7H2,1H3,(H,15,18). The van der Waals surface area contributed by atoms with E-state index in [4.69, 9.17) is 11.6 Å². The maximum atomic E-state index is 11.8. The van der Waals surface area contributed by atoms with Gasteiger partial charge in [0.1, 0.15) is 5.69 Å². The van der Waals surface area contributed by atoms with Crippen molar-refractivity contribution in [2.24, 2.45) is 7.05 Å². The van der Waals surface area contributed by atoms with Crippen molar-refractivity contribution in [1.82, 2.24) is 15.1 Å². The molecule has 94 valence electrons. The molecular weight excluding hydrogens is 250 g/mol. The molecule has 0 bridgehead atoms. The van der Waals surface area contributed by atoms with Gasteiger partial charge < -0.3 is 5.32 Å². The fourth-order valence-corrected chi connectivity index (χ4v) is 1.91. The summed E-state index contributed by atoms with van der Waals surface area (Å²) in [5.74, 6) is -0.114. The second-order valence-corrected chi connectivity index (χ2v) is 4.41. The number of carbonyl (C=O) groups is 1. The van der Waals surface area contributed by atoms with Crippen LogP contribution < -0.4 is 5.32 Å². The van der Waals surface area contributed by atoms with Crippen molar-refractivity contribution in [3.05, 3.63) is 52.8 Å². The molecule has 0 unspecified atom stereocenters. The van der Waals surface area contributed by atoms with Crippen LogP contribution in [0.1, 0.15) is 16.1 Å². The minimum atomic E-state index is -0.114. The molecular formula is C13H14ClN3O. The highest BCUT2D eigenvalue weighted by Crippen LogP contribution is 2.10. The molecule has 0 fully saturated rings. The number of hydrogen-bond donors (Lipinski definition) is 1. The minimum Gasteiger partial charge on any atom is -0.350 e. The molecule has 1 aromatic carbocycles. The van der Waals surface area contributed by atoms with E-state index in [0.29, 0.717) is 17.3 Å². The number of nitrogens with zero attached hydrogens (tertiary/aromatic N) is 2. The zero-order chi connectivity index (χ0) is 13.0. The molecule has 0 radical (unpaired) electrons. The lowest BCUT2D eigenvalue weighted by Gasteiger charge is -2.05. The zero-order valence-corrected chi connectivity index (χ0v) is 10.8. The maximum Gasteiger partial charge on any atom is 0.269 e. The molecule has 18 heavy (non-hydrogen) atoms. The Hall–Kier alpha value is -1.81. The Morgan fingerprint density at radius 2 is 2.28 bits per heavy atom. The summed E-state index contributed by atoms with van der Waals surface area (Å²) >= 11 is 5.89. The third-order valence-electron chi connectivity index (χ3n) is 2.64. The fourth-order valence-electron chi connectivity index (χ4n) is 1.70. The number of aromatic nitrogens is 2. The number of carbonyl (C=O) groups excluding carboxylic acids is 1. The van der Waals surface area contributed by atoms with Gasteiger partial charge in [-0.1, -0.05) is 23.7 Å². The fraction of sp³-hybridized carbons (Fsp3) is 0.231. The van der Waals surface area contributed by atoms with Crippen LogP contribution in [0.4, 0.5) is 0 Å². The molecule has 1 heterocycles. The summed E-state index contributed by atoms with van der Waals surface area (Å²) in [7, 11) is 1.74. The van der Waals surface area contributed by atoms with E-state index in [-0.39, 0.29) is 5.91 Å². The largest absolute Gasteiger partial charge is 0.350 e. The highest BCUT2D eigenvalue weighted by atomic mass is 35.5. The smallest absolute Gasteiger partial charge is 0.269 e. The first-order valence-corrected chi connectivity index (χ1v) is 6.05. The van der Waals surface area contributed by atoms with E-state index in [1.165, 1.54) is 0 Å². The number of nitrogens with one attached hydrogen (secondary N) is 1. The predicted molar refractivity (Wildman–Crippen MR) is 70.7 cm³/mol. The van der Waals surface area contributed by atoms with Crippen molar-refractivity contribution < 1.29 is 4.79 Å². The lowest BCUT2D eigenvalue weighted by atomic mass is 10.1. The van der Waals surface area contributed by atoms with Crippen LogP contribution in [0.25, 0.3) is 0 Å². The van der Waals surface area contributed by atoms with Crippen molar-refractivity contribution in [3.63, 3.8) is 0 Å². The third-order valence-corrected chi connectivity index (χ3v) is 2.88. The lowest BCUT2D eigenvalue weighted by Crippen LogP contribution is -2.27. The summed E-state index contributed by atoms with van der Waals surface area (Å²) in [6.45, 7) is 0.574. The van der Waals surface area contributed by atoms with Crippen molar-refractivity contribution in [3.8, 4) is 0 Å². The molecule has 1 aromatic heterocycles. The first-order chi connectivity index (χ1) is 8.66. The second-order valence-electron chi connectivity index (χ2n) is 3.98. The number of halogens is 1. The highest BCUT2D eigenvalue weighted by molar-refractivity contribution is 6.30. The molecule has 0 atom stereocenters. The monoisotopic (exact) mass is 263 g/mol. The zero-order valence-electron chi connectivity index (χ0n) is 10.1. The molecule has 4 nitrogen and oxygen atoms in total. The molecule has 0 spiro atoms. The average Bonchev–Trinajstić information content (AvgIpc) is 2.75. The number of amides is 1. The highest BCUT2D eigenvalue weighted by Gasteiger charge is 2.08. The van der Waals surface area contributed by atoms with Crippen LogP contribution in [0.15, 0.2) is 36.5 Å². The van der Waals surface area contributed by atoms with E-state index >= 15 is 0 Å². The molecule has 0 aliphatic heterocycles. The number of benzene rings is 1. The van der Waals surface area contributed by atoms with E-state index < -0.39 is 0 Å². The van der Waals surface area contributed by atoms with Crippen molar-refractivity contribution in [1.29, 1.82) is 0 Å². The van der Waals surface area contributed by atoms with Crippen LogP contribution in [-0.2, 0) is 13.5 Å². The first kappa shape index (κ1) is 12.6. The molecule has 1 amide bonds. The van der Waals surface area contributed by atoms with Gasteiger partial charge in [0.15, 0.2) is 0 Å². The van der Waals surface area contributed by atoms with Gasteiger partial charge in [0.2, 0.25) is 0 Å². The normalized spacial score (nSPS) is 10.3. The first-order valence-electron chi connectivity index (χ1n) is 5.67. The SMILES string of the molecule is Cn1nccc1C(=O)NCCc1cccc(Cl)c1. The Morgan fingerprint density at radius 3 is 2.94 bits per heavy atom. The van der Waals surface area contributed by atoms with Crippen LogP contribution in [-0.4, -0.2) is 22.2 Å². The summed E-state index contributed by atoms with van der Waals surface area (Å²) in [6.07, 6.45) is 2.36. The van der Waals surface area contributed by atoms with Crippen LogP contribution in [0, 0.1) is 0 Å². The van der Waals surface area contributed by atoms with Crippen molar-refractivity contribution >= 4 is 17.5 Å². The summed E-state index contributed by atoms with van der Waals surface area (Å²) in [5.41, 5.74) is 1.66. The van der Waals surface area contributed by atoms with Crippen LogP contribution in [0.5, 0.6) is 0 Å². The Kier molecular flexibility index (Phi) is 3.99. The predicted octanol–water partition coefficient (Wildman–Crippen LogP) is 2.05. The number of hydrogen-bond acceptors (Lipinski definition) is 2. The van der Waals surface area contributed by atoms with Gasteiger partial charge in [-0.25, -0.2) is 0 Å². The Balaban J connectivity index is 1.86.